The highest BCUT2D eigenvalue weighted by molar-refractivity contribution is 7.99. The van der Waals surface area contributed by atoms with E-state index in [9.17, 15) is 24.0 Å². The maximum absolute atomic E-state index is 13.6. The number of thioether (sulfide) groups is 1. The van der Waals surface area contributed by atoms with Crippen molar-refractivity contribution in [3.63, 3.8) is 0 Å². The van der Waals surface area contributed by atoms with E-state index in [4.69, 9.17) is 9.47 Å². The normalized spacial score (nSPS) is 15.2. The van der Waals surface area contributed by atoms with Crippen LogP contribution in [-0.4, -0.2) is 64.5 Å². The number of carbonyl (C=O) groups excluding carboxylic acids is 5. The Hall–Kier alpha value is -3.86. The minimum atomic E-state index is -1.07. The zero-order valence-electron chi connectivity index (χ0n) is 23.4. The van der Waals surface area contributed by atoms with Gasteiger partial charge in [-0.1, -0.05) is 67.1 Å². The zero-order valence-corrected chi connectivity index (χ0v) is 24.2. The Morgan fingerprint density at radius 2 is 1.61 bits per heavy atom. The van der Waals surface area contributed by atoms with Crippen LogP contribution in [0.1, 0.15) is 50.7 Å². The van der Waals surface area contributed by atoms with E-state index in [0.29, 0.717) is 24.5 Å². The monoisotopic (exact) mass is 583 g/mol. The molecule has 0 unspecified atom stereocenters. The third-order valence-corrected chi connectivity index (χ3v) is 7.25. The number of amides is 3. The van der Waals surface area contributed by atoms with Gasteiger partial charge in [0.1, 0.15) is 18.8 Å². The summed E-state index contributed by atoms with van der Waals surface area (Å²) in [6.07, 6.45) is 0.151. The maximum Gasteiger partial charge on any atom is 0.408 e. The summed E-state index contributed by atoms with van der Waals surface area (Å²) in [6.45, 7) is 3.27. The van der Waals surface area contributed by atoms with E-state index in [1.807, 2.05) is 60.7 Å². The van der Waals surface area contributed by atoms with Crippen LogP contribution in [0.15, 0.2) is 60.7 Å². The fraction of sp³-hybridized carbons (Fsp3) is 0.433. The molecule has 0 radical (unpaired) electrons. The zero-order chi connectivity index (χ0) is 29.6. The predicted octanol–water partition coefficient (Wildman–Crippen LogP) is 3.58. The van der Waals surface area contributed by atoms with Crippen molar-refractivity contribution in [2.75, 3.05) is 11.6 Å². The first-order valence-corrected chi connectivity index (χ1v) is 14.8. The molecule has 1 aliphatic heterocycles. The van der Waals surface area contributed by atoms with E-state index in [2.05, 4.69) is 10.6 Å². The van der Waals surface area contributed by atoms with Crippen LogP contribution in [0, 0.1) is 0 Å². The van der Waals surface area contributed by atoms with Crippen molar-refractivity contribution < 1.29 is 33.4 Å². The second-order valence-corrected chi connectivity index (χ2v) is 10.9. The maximum atomic E-state index is 13.6. The number of Topliss-reactive ketones (excluding diaryl/α,β-unsaturated/α-hetero) is 1. The number of esters is 1. The predicted molar refractivity (Wildman–Crippen MR) is 155 cm³/mol. The van der Waals surface area contributed by atoms with Crippen molar-refractivity contribution in [2.24, 2.45) is 0 Å². The fourth-order valence-corrected chi connectivity index (χ4v) is 5.30. The molecule has 0 aromatic heterocycles. The molecule has 3 amide bonds. The first kappa shape index (κ1) is 31.7. The Bertz CT molecular complexity index is 1180. The Labute approximate surface area is 244 Å². The van der Waals surface area contributed by atoms with Gasteiger partial charge in [-0.2, -0.15) is 0 Å². The number of unbranched alkanes of at least 4 members (excludes halogenated alkanes) is 1. The largest absolute Gasteiger partial charge is 0.457 e. The SMILES string of the molecule is CC(C)OC(=O)C(=O)CC(=O)N[C@H]1CSCN1C(=O)[C@@H](CCCCc1ccccc1)NC(=O)OCc1ccccc1. The molecule has 1 heterocycles. The number of nitrogens with zero attached hydrogens (tertiary/aromatic N) is 1. The summed E-state index contributed by atoms with van der Waals surface area (Å²) in [4.78, 5) is 64.1. The van der Waals surface area contributed by atoms with Gasteiger partial charge in [-0.3, -0.25) is 14.4 Å². The fourth-order valence-electron chi connectivity index (χ4n) is 4.20. The van der Waals surface area contributed by atoms with Crippen molar-refractivity contribution in [3.8, 4) is 0 Å². The van der Waals surface area contributed by atoms with Crippen molar-refractivity contribution in [1.82, 2.24) is 15.5 Å². The topological polar surface area (TPSA) is 131 Å². The highest BCUT2D eigenvalue weighted by Crippen LogP contribution is 2.22. The number of carbonyl (C=O) groups is 5. The highest BCUT2D eigenvalue weighted by Gasteiger charge is 2.35. The summed E-state index contributed by atoms with van der Waals surface area (Å²) < 4.78 is 10.2. The van der Waals surface area contributed by atoms with Gasteiger partial charge in [0.25, 0.3) is 0 Å². The van der Waals surface area contributed by atoms with Crippen LogP contribution in [0.5, 0.6) is 0 Å². The lowest BCUT2D eigenvalue weighted by Crippen LogP contribution is -2.55. The molecule has 2 N–H and O–H groups in total. The van der Waals surface area contributed by atoms with Crippen LogP contribution in [0.3, 0.4) is 0 Å². The number of ether oxygens (including phenoxy) is 2. The molecule has 220 valence electrons. The average Bonchev–Trinajstić information content (AvgIpc) is 3.41. The Morgan fingerprint density at radius 1 is 0.951 bits per heavy atom. The third-order valence-electron chi connectivity index (χ3n) is 6.24. The summed E-state index contributed by atoms with van der Waals surface area (Å²) in [5.41, 5.74) is 2.01. The van der Waals surface area contributed by atoms with Gasteiger partial charge in [0, 0.05) is 5.75 Å². The van der Waals surface area contributed by atoms with Crippen molar-refractivity contribution in [3.05, 3.63) is 71.8 Å². The molecule has 0 bridgehead atoms. The van der Waals surface area contributed by atoms with Gasteiger partial charge in [0.2, 0.25) is 17.6 Å². The number of rotatable bonds is 14. The molecule has 0 aliphatic carbocycles. The summed E-state index contributed by atoms with van der Waals surface area (Å²) in [5.74, 6) is -2.37. The minimum absolute atomic E-state index is 0.0626. The van der Waals surface area contributed by atoms with Gasteiger partial charge >= 0.3 is 12.1 Å². The lowest BCUT2D eigenvalue weighted by Gasteiger charge is -2.29. The Morgan fingerprint density at radius 3 is 2.27 bits per heavy atom. The molecule has 41 heavy (non-hydrogen) atoms. The molecule has 0 saturated carbocycles. The second kappa shape index (κ2) is 16.4. The molecule has 1 saturated heterocycles. The number of benzene rings is 2. The van der Waals surface area contributed by atoms with Crippen molar-refractivity contribution >= 4 is 41.4 Å². The quantitative estimate of drug-likeness (QED) is 0.149. The van der Waals surface area contributed by atoms with Crippen molar-refractivity contribution in [2.45, 2.75) is 70.9 Å². The molecule has 1 fully saturated rings. The van der Waals surface area contributed by atoms with Gasteiger partial charge in [-0.05, 0) is 44.2 Å². The number of ketones is 1. The van der Waals surface area contributed by atoms with Crippen LogP contribution in [0.25, 0.3) is 0 Å². The summed E-state index contributed by atoms with van der Waals surface area (Å²) in [6, 6.07) is 18.4. The smallest absolute Gasteiger partial charge is 0.408 e. The van der Waals surface area contributed by atoms with E-state index in [-0.39, 0.29) is 12.5 Å². The molecule has 2 aromatic carbocycles. The number of alkyl carbamates (subject to hydrolysis) is 1. The van der Waals surface area contributed by atoms with Crippen LogP contribution in [-0.2, 0) is 41.7 Å². The molecule has 3 rings (SSSR count). The van der Waals surface area contributed by atoms with E-state index < -0.39 is 48.5 Å². The Balaban J connectivity index is 1.59. The molecular weight excluding hydrogens is 546 g/mol. The van der Waals surface area contributed by atoms with Gasteiger partial charge in [0.15, 0.2) is 0 Å². The van der Waals surface area contributed by atoms with Gasteiger partial charge in [0.05, 0.1) is 18.4 Å². The molecule has 11 heteroatoms. The Kier molecular flexibility index (Phi) is 12.7. The minimum Gasteiger partial charge on any atom is -0.457 e. The van der Waals surface area contributed by atoms with E-state index >= 15 is 0 Å². The molecular formula is C30H37N3O7S. The van der Waals surface area contributed by atoms with Gasteiger partial charge in [-0.25, -0.2) is 9.59 Å². The first-order chi connectivity index (χ1) is 19.7. The van der Waals surface area contributed by atoms with E-state index in [0.717, 1.165) is 18.4 Å². The van der Waals surface area contributed by atoms with E-state index in [1.165, 1.54) is 22.2 Å². The van der Waals surface area contributed by atoms with Crippen LogP contribution in [0.4, 0.5) is 4.79 Å². The van der Waals surface area contributed by atoms with Gasteiger partial charge < -0.3 is 25.0 Å². The average molecular weight is 584 g/mol. The molecule has 10 nitrogen and oxygen atoms in total. The molecule has 0 spiro atoms. The number of aryl methyl sites for hydroxylation is 1. The van der Waals surface area contributed by atoms with Crippen LogP contribution in [0.2, 0.25) is 0 Å². The summed E-state index contributed by atoms with van der Waals surface area (Å²) in [7, 11) is 0. The highest BCUT2D eigenvalue weighted by atomic mass is 32.2. The van der Waals surface area contributed by atoms with Crippen LogP contribution < -0.4 is 10.6 Å². The first-order valence-electron chi connectivity index (χ1n) is 13.7. The van der Waals surface area contributed by atoms with E-state index in [1.54, 1.807) is 13.8 Å². The third kappa shape index (κ3) is 10.9. The van der Waals surface area contributed by atoms with Gasteiger partial charge in [-0.15, -0.1) is 11.8 Å². The lowest BCUT2D eigenvalue weighted by atomic mass is 10.0. The summed E-state index contributed by atoms with van der Waals surface area (Å²) >= 11 is 1.43. The summed E-state index contributed by atoms with van der Waals surface area (Å²) in [5, 5.41) is 5.38. The molecule has 2 aromatic rings. The molecule has 2 atom stereocenters. The van der Waals surface area contributed by atoms with Crippen molar-refractivity contribution in [1.29, 1.82) is 0 Å². The lowest BCUT2D eigenvalue weighted by molar-refractivity contribution is -0.157. The number of hydrogen-bond donors (Lipinski definition) is 2. The number of hydrogen-bond acceptors (Lipinski definition) is 8. The second-order valence-electron chi connectivity index (χ2n) is 9.94. The number of nitrogens with one attached hydrogen (secondary N) is 2. The van der Waals surface area contributed by atoms with Crippen LogP contribution >= 0.6 is 11.8 Å². The standard InChI is InChI=1S/C30H37N3O7S/c1-21(2)40-29(37)25(34)17-27(35)32-26-19-41-20-33(26)28(36)24(16-10-9-13-22-11-5-3-6-12-22)31-30(38)39-18-23-14-7-4-8-15-23/h3-8,11-12,14-15,21,24,26H,9-10,13,16-20H2,1-2H3,(H,31,38)(H,32,35)/t24-,26-/m1/s1. The molecule has 1 aliphatic rings.